The van der Waals surface area contributed by atoms with Crippen molar-refractivity contribution >= 4 is 9.84 Å². The number of nitrogens with one attached hydrogen (secondary N) is 1. The zero-order chi connectivity index (χ0) is 11.4. The molecular formula is C12H23NO2S. The van der Waals surface area contributed by atoms with Gasteiger partial charge in [0.25, 0.3) is 0 Å². The molecule has 0 aromatic carbocycles. The molecule has 2 rings (SSSR count). The molecule has 0 unspecified atom stereocenters. The lowest BCUT2D eigenvalue weighted by Crippen LogP contribution is -2.42. The molecule has 1 heterocycles. The molecule has 1 N–H and O–H groups in total. The quantitative estimate of drug-likeness (QED) is 0.825. The minimum absolute atomic E-state index is 0.0371. The van der Waals surface area contributed by atoms with E-state index in [1.165, 1.54) is 19.3 Å². The van der Waals surface area contributed by atoms with Gasteiger partial charge in [0.1, 0.15) is 0 Å². The molecular weight excluding hydrogens is 222 g/mol. The lowest BCUT2D eigenvalue weighted by atomic mass is 10.0. The van der Waals surface area contributed by atoms with E-state index >= 15 is 0 Å². The van der Waals surface area contributed by atoms with Crippen molar-refractivity contribution in [2.45, 2.75) is 62.7 Å². The molecule has 0 amide bonds. The van der Waals surface area contributed by atoms with Gasteiger partial charge < -0.3 is 5.32 Å². The first-order valence-corrected chi connectivity index (χ1v) is 8.35. The van der Waals surface area contributed by atoms with Gasteiger partial charge in [-0.05, 0) is 32.2 Å². The zero-order valence-electron chi connectivity index (χ0n) is 9.95. The first-order valence-electron chi connectivity index (χ1n) is 6.63. The summed E-state index contributed by atoms with van der Waals surface area (Å²) in [5, 5.41) is 3.30. The van der Waals surface area contributed by atoms with E-state index in [1.54, 1.807) is 0 Å². The molecule has 0 spiro atoms. The van der Waals surface area contributed by atoms with Gasteiger partial charge in [-0.1, -0.05) is 25.7 Å². The van der Waals surface area contributed by atoms with Crippen molar-refractivity contribution < 1.29 is 8.42 Å². The van der Waals surface area contributed by atoms with Crippen LogP contribution in [-0.2, 0) is 9.84 Å². The van der Waals surface area contributed by atoms with Crippen molar-refractivity contribution in [3.63, 3.8) is 0 Å². The van der Waals surface area contributed by atoms with Gasteiger partial charge >= 0.3 is 0 Å². The predicted octanol–water partition coefficient (Wildman–Crippen LogP) is 1.88. The van der Waals surface area contributed by atoms with Crippen molar-refractivity contribution in [1.82, 2.24) is 5.32 Å². The molecule has 0 bridgehead atoms. The van der Waals surface area contributed by atoms with Crippen LogP contribution < -0.4 is 5.32 Å². The van der Waals surface area contributed by atoms with Gasteiger partial charge in [0.15, 0.2) is 9.84 Å². The molecule has 2 aliphatic rings. The monoisotopic (exact) mass is 245 g/mol. The highest BCUT2D eigenvalue weighted by Crippen LogP contribution is 2.25. The van der Waals surface area contributed by atoms with Crippen molar-refractivity contribution in [1.29, 1.82) is 0 Å². The first-order chi connectivity index (χ1) is 7.68. The predicted molar refractivity (Wildman–Crippen MR) is 66.3 cm³/mol. The van der Waals surface area contributed by atoms with Crippen LogP contribution in [0.25, 0.3) is 0 Å². The molecule has 1 saturated carbocycles. The summed E-state index contributed by atoms with van der Waals surface area (Å²) in [4.78, 5) is 0. The lowest BCUT2D eigenvalue weighted by molar-refractivity contribution is 0.418. The molecule has 1 saturated heterocycles. The maximum atomic E-state index is 12.2. The van der Waals surface area contributed by atoms with Crippen molar-refractivity contribution in [3.8, 4) is 0 Å². The van der Waals surface area contributed by atoms with Gasteiger partial charge in [0, 0.05) is 6.04 Å². The Morgan fingerprint density at radius 3 is 2.25 bits per heavy atom. The third-order valence-corrected chi connectivity index (χ3v) is 6.26. The highest BCUT2D eigenvalue weighted by molar-refractivity contribution is 7.92. The summed E-state index contributed by atoms with van der Waals surface area (Å²) >= 11 is 0. The number of hydrogen-bond acceptors (Lipinski definition) is 3. The van der Waals surface area contributed by atoms with Crippen LogP contribution in [0.15, 0.2) is 0 Å². The molecule has 0 aromatic heterocycles. The summed E-state index contributed by atoms with van der Waals surface area (Å²) in [5.74, 6) is 0.373. The van der Waals surface area contributed by atoms with E-state index < -0.39 is 9.84 Å². The standard InChI is InChI=1S/C12H23NO2S/c14-16(15,12-7-2-1-3-8-12)10-11-6-4-5-9-13-11/h11-13H,1-10H2/t11-/m0/s1. The molecule has 1 aliphatic heterocycles. The molecule has 2 fully saturated rings. The van der Waals surface area contributed by atoms with Gasteiger partial charge in [0.05, 0.1) is 11.0 Å². The second-order valence-electron chi connectivity index (χ2n) is 5.24. The van der Waals surface area contributed by atoms with Gasteiger partial charge in [-0.15, -0.1) is 0 Å². The van der Waals surface area contributed by atoms with Crippen LogP contribution in [0.5, 0.6) is 0 Å². The van der Waals surface area contributed by atoms with Gasteiger partial charge in [-0.25, -0.2) is 8.42 Å². The fourth-order valence-corrected chi connectivity index (χ4v) is 5.08. The summed E-state index contributed by atoms with van der Waals surface area (Å²) in [5.41, 5.74) is 0. The first kappa shape index (κ1) is 12.4. The summed E-state index contributed by atoms with van der Waals surface area (Å²) in [6.07, 6.45) is 8.62. The minimum atomic E-state index is -2.85. The summed E-state index contributed by atoms with van der Waals surface area (Å²) in [7, 11) is -2.85. The Morgan fingerprint density at radius 1 is 0.938 bits per heavy atom. The molecule has 94 valence electrons. The average molecular weight is 245 g/mol. The third-order valence-electron chi connectivity index (χ3n) is 3.91. The van der Waals surface area contributed by atoms with E-state index in [-0.39, 0.29) is 11.3 Å². The van der Waals surface area contributed by atoms with E-state index in [0.717, 1.165) is 38.6 Å². The van der Waals surface area contributed by atoms with E-state index in [4.69, 9.17) is 0 Å². The zero-order valence-corrected chi connectivity index (χ0v) is 10.8. The maximum absolute atomic E-state index is 12.2. The molecule has 1 atom stereocenters. The van der Waals surface area contributed by atoms with Crippen LogP contribution in [0.3, 0.4) is 0 Å². The summed E-state index contributed by atoms with van der Waals surface area (Å²) < 4.78 is 24.4. The molecule has 3 nitrogen and oxygen atoms in total. The van der Waals surface area contributed by atoms with E-state index in [9.17, 15) is 8.42 Å². The van der Waals surface area contributed by atoms with Crippen LogP contribution in [0.2, 0.25) is 0 Å². The molecule has 16 heavy (non-hydrogen) atoms. The van der Waals surface area contributed by atoms with Gasteiger partial charge in [0.2, 0.25) is 0 Å². The third kappa shape index (κ3) is 3.20. The lowest BCUT2D eigenvalue weighted by Gasteiger charge is -2.27. The Kier molecular flexibility index (Phi) is 4.25. The number of sulfone groups is 1. The topological polar surface area (TPSA) is 46.2 Å². The number of rotatable bonds is 3. The number of piperidine rings is 1. The Morgan fingerprint density at radius 2 is 1.62 bits per heavy atom. The Hall–Kier alpha value is -0.0900. The fourth-order valence-electron chi connectivity index (χ4n) is 2.91. The van der Waals surface area contributed by atoms with Crippen LogP contribution in [-0.4, -0.2) is 32.0 Å². The second-order valence-corrected chi connectivity index (χ2v) is 7.56. The van der Waals surface area contributed by atoms with E-state index in [0.29, 0.717) is 5.75 Å². The van der Waals surface area contributed by atoms with Crippen LogP contribution in [0, 0.1) is 0 Å². The Bertz CT molecular complexity index is 301. The molecule has 0 radical (unpaired) electrons. The maximum Gasteiger partial charge on any atom is 0.154 e. The highest BCUT2D eigenvalue weighted by atomic mass is 32.2. The normalized spacial score (nSPS) is 29.1. The number of hydrogen-bond donors (Lipinski definition) is 1. The van der Waals surface area contributed by atoms with Crippen molar-refractivity contribution in [3.05, 3.63) is 0 Å². The SMILES string of the molecule is O=S(=O)(C[C@@H]1CCCCN1)C1CCCCC1. The van der Waals surface area contributed by atoms with Crippen molar-refractivity contribution in [2.24, 2.45) is 0 Å². The molecule has 1 aliphatic carbocycles. The average Bonchev–Trinajstić information content (AvgIpc) is 2.31. The smallest absolute Gasteiger partial charge is 0.154 e. The fraction of sp³-hybridized carbons (Fsp3) is 1.00. The second kappa shape index (κ2) is 5.50. The molecule has 0 aromatic rings. The highest BCUT2D eigenvalue weighted by Gasteiger charge is 2.30. The van der Waals surface area contributed by atoms with Gasteiger partial charge in [-0.2, -0.15) is 0 Å². The van der Waals surface area contributed by atoms with Gasteiger partial charge in [-0.3, -0.25) is 0 Å². The van der Waals surface area contributed by atoms with E-state index in [1.807, 2.05) is 0 Å². The minimum Gasteiger partial charge on any atom is -0.313 e. The van der Waals surface area contributed by atoms with Crippen LogP contribution in [0.1, 0.15) is 51.4 Å². The van der Waals surface area contributed by atoms with Crippen molar-refractivity contribution in [2.75, 3.05) is 12.3 Å². The van der Waals surface area contributed by atoms with Crippen LogP contribution >= 0.6 is 0 Å². The summed E-state index contributed by atoms with van der Waals surface area (Å²) in [6.45, 7) is 0.991. The Labute approximate surface area is 98.9 Å². The summed E-state index contributed by atoms with van der Waals surface area (Å²) in [6, 6.07) is 0.223. The van der Waals surface area contributed by atoms with E-state index in [2.05, 4.69) is 5.32 Å². The largest absolute Gasteiger partial charge is 0.313 e. The Balaban J connectivity index is 1.90. The molecule has 4 heteroatoms. The van der Waals surface area contributed by atoms with Crippen LogP contribution in [0.4, 0.5) is 0 Å².